The van der Waals surface area contributed by atoms with E-state index in [0.717, 1.165) is 0 Å². The molecule has 3 N–H and O–H groups in total. The number of carbonyl (C=O) groups is 2. The van der Waals surface area contributed by atoms with Crippen LogP contribution in [0.4, 0.5) is 5.69 Å². The smallest absolute Gasteiger partial charge is 0.291 e. The topological polar surface area (TPSA) is 97.0 Å². The Morgan fingerprint density at radius 1 is 1.42 bits per heavy atom. The van der Waals surface area contributed by atoms with Gasteiger partial charge in [0.25, 0.3) is 5.91 Å². The van der Waals surface area contributed by atoms with Gasteiger partial charge in [-0.2, -0.15) is 5.10 Å². The fourth-order valence-electron chi connectivity index (χ4n) is 1.84. The van der Waals surface area contributed by atoms with Crippen molar-refractivity contribution in [2.24, 2.45) is 10.8 Å². The summed E-state index contributed by atoms with van der Waals surface area (Å²) in [4.78, 5) is 27.6. The molecule has 1 aromatic carbocycles. The first-order valence-electron chi connectivity index (χ1n) is 5.68. The zero-order chi connectivity index (χ0) is 13.8. The molecule has 0 saturated carbocycles. The van der Waals surface area contributed by atoms with Crippen molar-refractivity contribution in [2.75, 3.05) is 12.1 Å². The second kappa shape index (κ2) is 5.49. The minimum atomic E-state index is -0.667. The molecular weight excluding hydrogens is 248 g/mol. The zero-order valence-electron chi connectivity index (χ0n) is 10.4. The molecule has 1 atom stereocenters. The maximum Gasteiger partial charge on any atom is 0.291 e. The number of rotatable bonds is 4. The first kappa shape index (κ1) is 13.0. The van der Waals surface area contributed by atoms with Gasteiger partial charge in [-0.1, -0.05) is 18.2 Å². The Bertz CT molecular complexity index is 515. The predicted octanol–water partition coefficient (Wildman–Crippen LogP) is -0.216. The molecule has 0 fully saturated rings. The summed E-state index contributed by atoms with van der Waals surface area (Å²) in [6.45, 7) is 0. The number of carbonyl (C=O) groups excluding carboxylic acids is 2. The summed E-state index contributed by atoms with van der Waals surface area (Å²) >= 11 is 0. The highest BCUT2D eigenvalue weighted by molar-refractivity contribution is 6.40. The normalized spacial score (nSPS) is 18.1. The molecule has 1 aliphatic rings. The molecule has 2 rings (SSSR count). The highest BCUT2D eigenvalue weighted by Crippen LogP contribution is 2.24. The third-order valence-electron chi connectivity index (χ3n) is 2.72. The van der Waals surface area contributed by atoms with E-state index in [9.17, 15) is 9.59 Å². The fourth-order valence-corrected chi connectivity index (χ4v) is 1.84. The number of amides is 2. The van der Waals surface area contributed by atoms with Crippen LogP contribution in [0.1, 0.15) is 6.42 Å². The van der Waals surface area contributed by atoms with Gasteiger partial charge in [-0.25, -0.2) is 5.48 Å². The predicted molar refractivity (Wildman–Crippen MR) is 69.1 cm³/mol. The van der Waals surface area contributed by atoms with Crippen molar-refractivity contribution in [3.05, 3.63) is 30.3 Å². The second-order valence-corrected chi connectivity index (χ2v) is 3.98. The van der Waals surface area contributed by atoms with Crippen molar-refractivity contribution in [1.82, 2.24) is 5.48 Å². The van der Waals surface area contributed by atoms with Crippen molar-refractivity contribution in [2.45, 2.75) is 12.5 Å². The van der Waals surface area contributed by atoms with Crippen LogP contribution in [0.3, 0.4) is 0 Å². The van der Waals surface area contributed by atoms with Crippen LogP contribution in [-0.4, -0.2) is 30.7 Å². The Morgan fingerprint density at radius 3 is 2.68 bits per heavy atom. The molecule has 0 bridgehead atoms. The van der Waals surface area contributed by atoms with Gasteiger partial charge in [0.05, 0.1) is 12.8 Å². The number of nitrogens with two attached hydrogens (primary N) is 1. The van der Waals surface area contributed by atoms with Crippen LogP contribution in [-0.2, 0) is 14.4 Å². The minimum Gasteiger partial charge on any atom is -0.368 e. The average molecular weight is 262 g/mol. The van der Waals surface area contributed by atoms with Crippen LogP contribution in [0.15, 0.2) is 35.4 Å². The van der Waals surface area contributed by atoms with Gasteiger partial charge in [-0.3, -0.25) is 19.4 Å². The number of anilines is 1. The summed E-state index contributed by atoms with van der Waals surface area (Å²) in [7, 11) is 1.33. The molecule has 2 amide bonds. The summed E-state index contributed by atoms with van der Waals surface area (Å²) < 4.78 is 0. The highest BCUT2D eigenvalue weighted by Gasteiger charge is 2.34. The number of hydrogen-bond donors (Lipinski definition) is 2. The number of para-hydroxylation sites is 1. The Labute approximate surface area is 110 Å². The quantitative estimate of drug-likeness (QED) is 0.733. The van der Waals surface area contributed by atoms with Crippen LogP contribution < -0.4 is 16.2 Å². The summed E-state index contributed by atoms with van der Waals surface area (Å²) in [5.41, 5.74) is 8.42. The lowest BCUT2D eigenvalue weighted by molar-refractivity contribution is -0.124. The molecule has 19 heavy (non-hydrogen) atoms. The van der Waals surface area contributed by atoms with Crippen molar-refractivity contribution in [3.8, 4) is 0 Å². The van der Waals surface area contributed by atoms with Gasteiger partial charge >= 0.3 is 0 Å². The van der Waals surface area contributed by atoms with E-state index in [4.69, 9.17) is 5.73 Å². The van der Waals surface area contributed by atoms with Gasteiger partial charge in [-0.15, -0.1) is 0 Å². The maximum atomic E-state index is 11.6. The lowest BCUT2D eigenvalue weighted by Crippen LogP contribution is -2.39. The van der Waals surface area contributed by atoms with Crippen LogP contribution >= 0.6 is 0 Å². The van der Waals surface area contributed by atoms with E-state index in [2.05, 4.69) is 15.4 Å². The Morgan fingerprint density at radius 2 is 2.11 bits per heavy atom. The van der Waals surface area contributed by atoms with Crippen LogP contribution in [0.5, 0.6) is 0 Å². The van der Waals surface area contributed by atoms with Crippen molar-refractivity contribution in [3.63, 3.8) is 0 Å². The standard InChI is InChI=1S/C12H14N4O3/c1-19-15-12(18)9-7-10(11(13)17)16(14-9)8-5-3-2-4-6-8/h2-6,10H,7H2,1H3,(H2,13,17)(H,15,18)/t10-/m0/s1. The highest BCUT2D eigenvalue weighted by atomic mass is 16.6. The summed E-state index contributed by atoms with van der Waals surface area (Å²) in [5, 5.41) is 5.59. The molecule has 0 radical (unpaired) electrons. The van der Waals surface area contributed by atoms with E-state index in [-0.39, 0.29) is 12.1 Å². The van der Waals surface area contributed by atoms with Gasteiger partial charge in [0, 0.05) is 6.42 Å². The van der Waals surface area contributed by atoms with Crippen LogP contribution in [0, 0.1) is 0 Å². The third-order valence-corrected chi connectivity index (χ3v) is 2.72. The fraction of sp³-hybridized carbons (Fsp3) is 0.250. The number of nitrogens with one attached hydrogen (secondary N) is 1. The molecule has 0 saturated heterocycles. The molecule has 100 valence electrons. The molecule has 1 aliphatic heterocycles. The first-order chi connectivity index (χ1) is 9.13. The average Bonchev–Trinajstić information content (AvgIpc) is 2.85. The number of hydrazone groups is 1. The lowest BCUT2D eigenvalue weighted by atomic mass is 10.1. The van der Waals surface area contributed by atoms with Gasteiger partial charge < -0.3 is 5.73 Å². The van der Waals surface area contributed by atoms with Gasteiger partial charge in [0.1, 0.15) is 11.8 Å². The van der Waals surface area contributed by atoms with Gasteiger partial charge in [0.2, 0.25) is 5.91 Å². The maximum absolute atomic E-state index is 11.6. The Hall–Kier alpha value is -2.41. The molecule has 7 heteroatoms. The van der Waals surface area contributed by atoms with Crippen LogP contribution in [0.2, 0.25) is 0 Å². The number of primary amides is 1. The first-order valence-corrected chi connectivity index (χ1v) is 5.68. The van der Waals surface area contributed by atoms with Crippen molar-refractivity contribution in [1.29, 1.82) is 0 Å². The van der Waals surface area contributed by atoms with E-state index in [1.54, 1.807) is 12.1 Å². The second-order valence-electron chi connectivity index (χ2n) is 3.98. The number of benzene rings is 1. The summed E-state index contributed by atoms with van der Waals surface area (Å²) in [6, 6.07) is 8.39. The molecular formula is C12H14N4O3. The Balaban J connectivity index is 2.28. The molecule has 1 aromatic rings. The van der Waals surface area contributed by atoms with Gasteiger partial charge in [0.15, 0.2) is 0 Å². The Kier molecular flexibility index (Phi) is 3.76. The molecule has 0 aliphatic carbocycles. The lowest BCUT2D eigenvalue weighted by Gasteiger charge is -2.20. The molecule has 7 nitrogen and oxygen atoms in total. The number of hydrogen-bond acceptors (Lipinski definition) is 5. The number of nitrogens with zero attached hydrogens (tertiary/aromatic N) is 2. The zero-order valence-corrected chi connectivity index (χ0v) is 10.4. The molecule has 0 unspecified atom stereocenters. The molecule has 0 aromatic heterocycles. The van der Waals surface area contributed by atoms with E-state index in [0.29, 0.717) is 5.69 Å². The largest absolute Gasteiger partial charge is 0.368 e. The van der Waals surface area contributed by atoms with E-state index in [1.165, 1.54) is 12.1 Å². The van der Waals surface area contributed by atoms with E-state index >= 15 is 0 Å². The SMILES string of the molecule is CONC(=O)C1=NN(c2ccccc2)[C@H](C(N)=O)C1. The summed E-state index contributed by atoms with van der Waals surface area (Å²) in [5.74, 6) is -1.01. The minimum absolute atomic E-state index is 0.152. The van der Waals surface area contributed by atoms with E-state index in [1.807, 2.05) is 18.2 Å². The van der Waals surface area contributed by atoms with Gasteiger partial charge in [-0.05, 0) is 12.1 Å². The third kappa shape index (κ3) is 2.71. The number of hydroxylamine groups is 1. The molecule has 1 heterocycles. The van der Waals surface area contributed by atoms with Crippen LogP contribution in [0.25, 0.3) is 0 Å². The summed E-state index contributed by atoms with van der Waals surface area (Å²) in [6.07, 6.45) is 0.152. The van der Waals surface area contributed by atoms with Crippen molar-refractivity contribution >= 4 is 23.2 Å². The van der Waals surface area contributed by atoms with E-state index < -0.39 is 17.9 Å². The molecule has 0 spiro atoms. The van der Waals surface area contributed by atoms with Crippen molar-refractivity contribution < 1.29 is 14.4 Å². The monoisotopic (exact) mass is 262 g/mol.